The smallest absolute Gasteiger partial charge is 0.220 e. The first-order valence-corrected chi connectivity index (χ1v) is 10.5. The van der Waals surface area contributed by atoms with Gasteiger partial charge in [-0.05, 0) is 43.2 Å². The summed E-state index contributed by atoms with van der Waals surface area (Å²) in [6.45, 7) is 12.3. The lowest BCUT2D eigenvalue weighted by Crippen LogP contribution is -2.59. The lowest BCUT2D eigenvalue weighted by molar-refractivity contribution is -0.510. The summed E-state index contributed by atoms with van der Waals surface area (Å²) in [5, 5.41) is 2.86. The van der Waals surface area contributed by atoms with E-state index in [1.807, 2.05) is 0 Å². The van der Waals surface area contributed by atoms with E-state index in [9.17, 15) is 0 Å². The summed E-state index contributed by atoms with van der Waals surface area (Å²) in [6.07, 6.45) is 10.9. The fourth-order valence-electron chi connectivity index (χ4n) is 6.93. The highest BCUT2D eigenvalue weighted by Crippen LogP contribution is 2.64. The predicted octanol–water partition coefficient (Wildman–Crippen LogP) is 5.53. The molecule has 2 heteroatoms. The molecular formula is C24H31N2+. The molecule has 2 nitrogen and oxygen atoms in total. The van der Waals surface area contributed by atoms with Gasteiger partial charge in [-0.2, -0.15) is 0 Å². The molecule has 0 saturated carbocycles. The zero-order chi connectivity index (χ0) is 18.3. The van der Waals surface area contributed by atoms with Gasteiger partial charge in [0.2, 0.25) is 0 Å². The number of hydrogen-bond donors (Lipinski definition) is 0. The van der Waals surface area contributed by atoms with E-state index in [1.165, 1.54) is 54.2 Å². The van der Waals surface area contributed by atoms with Crippen molar-refractivity contribution in [1.29, 1.82) is 0 Å². The second-order valence-corrected chi connectivity index (χ2v) is 9.09. The van der Waals surface area contributed by atoms with Crippen molar-refractivity contribution in [1.82, 2.24) is 4.57 Å². The number of imidazole rings is 1. The second kappa shape index (κ2) is 4.91. The molecule has 0 saturated heterocycles. The van der Waals surface area contributed by atoms with Crippen LogP contribution in [0.2, 0.25) is 0 Å². The third-order valence-corrected chi connectivity index (χ3v) is 8.55. The van der Waals surface area contributed by atoms with E-state index in [2.05, 4.69) is 80.2 Å². The van der Waals surface area contributed by atoms with Crippen molar-refractivity contribution in [3.63, 3.8) is 0 Å². The van der Waals surface area contributed by atoms with Crippen molar-refractivity contribution in [3.8, 4) is 0 Å². The van der Waals surface area contributed by atoms with Crippen LogP contribution in [0, 0.1) is 5.41 Å². The Morgan fingerprint density at radius 2 is 1.88 bits per heavy atom. The molecule has 0 fully saturated rings. The second-order valence-electron chi connectivity index (χ2n) is 9.09. The topological polar surface area (TPSA) is 9.03 Å². The lowest BCUT2D eigenvalue weighted by Gasteiger charge is -2.54. The minimum atomic E-state index is 0.117. The Hall–Kier alpha value is -1.83. The van der Waals surface area contributed by atoms with E-state index in [1.54, 1.807) is 5.56 Å². The fourth-order valence-corrected chi connectivity index (χ4v) is 6.93. The van der Waals surface area contributed by atoms with E-state index >= 15 is 0 Å². The normalized spacial score (nSPS) is 32.2. The molecule has 26 heavy (non-hydrogen) atoms. The molecule has 3 atom stereocenters. The average molecular weight is 348 g/mol. The van der Waals surface area contributed by atoms with E-state index in [-0.39, 0.29) is 11.0 Å². The minimum Gasteiger partial charge on any atom is -0.220 e. The molecule has 3 unspecified atom stereocenters. The highest BCUT2D eigenvalue weighted by Gasteiger charge is 2.68. The largest absolute Gasteiger partial charge is 0.295 e. The van der Waals surface area contributed by atoms with Crippen molar-refractivity contribution >= 4 is 16.4 Å². The van der Waals surface area contributed by atoms with Crippen LogP contribution in [-0.2, 0) is 17.4 Å². The Morgan fingerprint density at radius 1 is 1.08 bits per heavy atom. The number of aromatic nitrogens is 2. The maximum absolute atomic E-state index is 2.77. The molecule has 4 heterocycles. The van der Waals surface area contributed by atoms with Crippen LogP contribution in [0.4, 0.5) is 0 Å². The van der Waals surface area contributed by atoms with Crippen LogP contribution < -0.4 is 4.40 Å². The van der Waals surface area contributed by atoms with Crippen molar-refractivity contribution in [2.45, 2.75) is 77.7 Å². The molecule has 0 radical (unpaired) electrons. The van der Waals surface area contributed by atoms with Gasteiger partial charge in [0.1, 0.15) is 17.4 Å². The van der Waals surface area contributed by atoms with Crippen LogP contribution in [0.5, 0.6) is 0 Å². The molecule has 2 aromatic heterocycles. The molecular weight excluding hydrogens is 316 g/mol. The fraction of sp³-hybridized carbons (Fsp3) is 0.542. The van der Waals surface area contributed by atoms with Crippen molar-refractivity contribution < 1.29 is 4.40 Å². The maximum atomic E-state index is 2.77. The van der Waals surface area contributed by atoms with Gasteiger partial charge in [-0.1, -0.05) is 52.3 Å². The van der Waals surface area contributed by atoms with Gasteiger partial charge in [0.15, 0.2) is 0 Å². The molecule has 0 amide bonds. The molecule has 2 aliphatic heterocycles. The van der Waals surface area contributed by atoms with Crippen LogP contribution in [-0.4, -0.2) is 4.57 Å². The van der Waals surface area contributed by atoms with Crippen molar-refractivity contribution in [2.24, 2.45) is 5.41 Å². The van der Waals surface area contributed by atoms with Gasteiger partial charge in [0, 0.05) is 17.3 Å². The lowest BCUT2D eigenvalue weighted by atomic mass is 9.51. The Kier molecular flexibility index (Phi) is 3.09. The van der Waals surface area contributed by atoms with Gasteiger partial charge in [-0.3, -0.25) is 0 Å². The third kappa shape index (κ3) is 1.47. The SMILES string of the molecule is CCCC1(CC)Cc2c[n+]3ccc4cccc5c4c3n2C1(C)C5(C)CC. The van der Waals surface area contributed by atoms with Gasteiger partial charge in [0.05, 0.1) is 11.6 Å². The molecule has 1 aromatic carbocycles. The molecule has 3 aromatic rings. The molecule has 0 spiro atoms. The Morgan fingerprint density at radius 3 is 2.58 bits per heavy atom. The number of nitrogens with zero attached hydrogens (tertiary/aromatic N) is 2. The third-order valence-electron chi connectivity index (χ3n) is 8.55. The molecule has 5 rings (SSSR count). The van der Waals surface area contributed by atoms with Gasteiger partial charge < -0.3 is 0 Å². The molecule has 0 aliphatic carbocycles. The van der Waals surface area contributed by atoms with E-state index in [0.29, 0.717) is 5.41 Å². The van der Waals surface area contributed by atoms with Crippen molar-refractivity contribution in [2.75, 3.05) is 0 Å². The van der Waals surface area contributed by atoms with Crippen LogP contribution in [0.1, 0.15) is 71.6 Å². The number of rotatable bonds is 4. The molecule has 0 bridgehead atoms. The van der Waals surface area contributed by atoms with E-state index < -0.39 is 0 Å². The monoisotopic (exact) mass is 347 g/mol. The Balaban J connectivity index is 2.02. The van der Waals surface area contributed by atoms with E-state index in [4.69, 9.17) is 0 Å². The summed E-state index contributed by atoms with van der Waals surface area (Å²) in [5.74, 6) is 0. The summed E-state index contributed by atoms with van der Waals surface area (Å²) in [6, 6.07) is 9.26. The Bertz CT molecular complexity index is 1050. The standard InChI is InChI=1S/C24H31N2/c1-6-13-24(8-3)15-18-16-25-14-12-17-10-9-11-19-20(17)21(25)26(18)23(24,5)22(19,4)7-2/h9-12,14,16H,6-8,13,15H2,1-5H3/q+1. The average Bonchev–Trinajstić information content (AvgIpc) is 3.14. The Labute approximate surface area is 156 Å². The van der Waals surface area contributed by atoms with Crippen LogP contribution in [0.25, 0.3) is 16.4 Å². The van der Waals surface area contributed by atoms with Crippen LogP contribution in [0.3, 0.4) is 0 Å². The number of hydrogen-bond acceptors (Lipinski definition) is 0. The highest BCUT2D eigenvalue weighted by molar-refractivity contribution is 5.97. The summed E-state index contributed by atoms with van der Waals surface area (Å²) in [7, 11) is 0. The first-order chi connectivity index (χ1) is 12.5. The maximum Gasteiger partial charge on any atom is 0.295 e. The van der Waals surface area contributed by atoms with E-state index in [0.717, 1.165) is 0 Å². The molecule has 136 valence electrons. The zero-order valence-electron chi connectivity index (χ0n) is 16.9. The summed E-state index contributed by atoms with van der Waals surface area (Å²) in [4.78, 5) is 0. The van der Waals surface area contributed by atoms with Gasteiger partial charge >= 0.3 is 0 Å². The first-order valence-electron chi connectivity index (χ1n) is 10.5. The summed E-state index contributed by atoms with van der Waals surface area (Å²) in [5.41, 5.74) is 5.12. The predicted molar refractivity (Wildman–Crippen MR) is 108 cm³/mol. The van der Waals surface area contributed by atoms with Crippen LogP contribution >= 0.6 is 0 Å². The highest BCUT2D eigenvalue weighted by atomic mass is 15.2. The van der Waals surface area contributed by atoms with Gasteiger partial charge in [0.25, 0.3) is 5.65 Å². The van der Waals surface area contributed by atoms with Crippen molar-refractivity contribution in [3.05, 3.63) is 47.9 Å². The van der Waals surface area contributed by atoms with Gasteiger partial charge in [-0.25, -0.2) is 8.97 Å². The zero-order valence-corrected chi connectivity index (χ0v) is 16.9. The minimum absolute atomic E-state index is 0.117. The first kappa shape index (κ1) is 16.4. The molecule has 2 aliphatic rings. The van der Waals surface area contributed by atoms with Crippen LogP contribution in [0.15, 0.2) is 36.7 Å². The summed E-state index contributed by atoms with van der Waals surface area (Å²) < 4.78 is 5.16. The number of pyridine rings is 1. The van der Waals surface area contributed by atoms with Gasteiger partial charge in [-0.15, -0.1) is 0 Å². The quantitative estimate of drug-likeness (QED) is 0.549. The molecule has 0 N–H and O–H groups in total. The summed E-state index contributed by atoms with van der Waals surface area (Å²) >= 11 is 0. The number of benzene rings is 1.